The molecule has 0 bridgehead atoms. The van der Waals surface area contributed by atoms with E-state index in [1.807, 2.05) is 18.2 Å². The van der Waals surface area contributed by atoms with Crippen LogP contribution in [-0.2, 0) is 0 Å². The van der Waals surface area contributed by atoms with E-state index in [0.717, 1.165) is 22.8 Å². The monoisotopic (exact) mass is 284 g/mol. The molecule has 2 saturated carbocycles. The minimum atomic E-state index is 0.439. The lowest BCUT2D eigenvalue weighted by molar-refractivity contribution is 0.303. The zero-order chi connectivity index (χ0) is 13.5. The fourth-order valence-electron chi connectivity index (χ4n) is 2.27. The molecule has 1 N–H and O–H groups in total. The molecule has 4 heteroatoms. The second kappa shape index (κ2) is 4.70. The van der Waals surface area contributed by atoms with E-state index in [9.17, 15) is 0 Å². The van der Waals surface area contributed by atoms with Gasteiger partial charge in [0.15, 0.2) is 0 Å². The molecule has 2 aliphatic carbocycles. The number of nitrogens with zero attached hydrogens (tertiary/aromatic N) is 1. The lowest BCUT2D eigenvalue weighted by Crippen LogP contribution is -1.97. The molecule has 4 rings (SSSR count). The van der Waals surface area contributed by atoms with Gasteiger partial charge in [-0.05, 0) is 61.6 Å². The van der Waals surface area contributed by atoms with E-state index < -0.39 is 0 Å². The van der Waals surface area contributed by atoms with Crippen LogP contribution in [0.5, 0.6) is 5.75 Å². The molecule has 0 saturated heterocycles. The topological polar surface area (TPSA) is 37.9 Å². The van der Waals surface area contributed by atoms with Crippen LogP contribution in [0.15, 0.2) is 30.3 Å². The number of hydrogen-bond acceptors (Lipinski definition) is 3. The fraction of sp³-hybridized carbons (Fsp3) is 0.375. The molecular formula is C16H16N2OS. The SMILES string of the molecule is S=c1cc(-c2ccc(OC3CC3)cc2)[nH]c(C2CC2)n1. The van der Waals surface area contributed by atoms with E-state index in [0.29, 0.717) is 16.7 Å². The van der Waals surface area contributed by atoms with Crippen molar-refractivity contribution in [3.8, 4) is 17.0 Å². The Labute approximate surface area is 123 Å². The third-order valence-corrected chi connectivity index (χ3v) is 3.93. The van der Waals surface area contributed by atoms with Crippen LogP contribution < -0.4 is 4.74 Å². The summed E-state index contributed by atoms with van der Waals surface area (Å²) in [5.41, 5.74) is 2.17. The smallest absolute Gasteiger partial charge is 0.130 e. The summed E-state index contributed by atoms with van der Waals surface area (Å²) in [5, 5.41) is 0. The number of benzene rings is 1. The van der Waals surface area contributed by atoms with Gasteiger partial charge < -0.3 is 9.72 Å². The number of rotatable bonds is 4. The van der Waals surface area contributed by atoms with Crippen molar-refractivity contribution in [2.24, 2.45) is 0 Å². The minimum absolute atomic E-state index is 0.439. The van der Waals surface area contributed by atoms with E-state index in [2.05, 4.69) is 22.1 Å². The molecule has 20 heavy (non-hydrogen) atoms. The number of nitrogens with one attached hydrogen (secondary N) is 1. The molecule has 1 aromatic heterocycles. The first kappa shape index (κ1) is 12.1. The van der Waals surface area contributed by atoms with Crippen molar-refractivity contribution in [2.45, 2.75) is 37.7 Å². The lowest BCUT2D eigenvalue weighted by atomic mass is 10.1. The molecule has 0 unspecified atom stereocenters. The van der Waals surface area contributed by atoms with Crippen LogP contribution in [-0.4, -0.2) is 16.1 Å². The highest BCUT2D eigenvalue weighted by Gasteiger charge is 2.26. The molecule has 0 amide bonds. The van der Waals surface area contributed by atoms with Gasteiger partial charge in [0, 0.05) is 11.6 Å². The van der Waals surface area contributed by atoms with Gasteiger partial charge in [-0.3, -0.25) is 0 Å². The number of H-pyrrole nitrogens is 1. The first-order valence-corrected chi connectivity index (χ1v) is 7.57. The zero-order valence-corrected chi connectivity index (χ0v) is 12.0. The lowest BCUT2D eigenvalue weighted by Gasteiger charge is -2.07. The second-order valence-corrected chi connectivity index (χ2v) is 6.05. The van der Waals surface area contributed by atoms with Gasteiger partial charge in [0.25, 0.3) is 0 Å². The largest absolute Gasteiger partial charge is 0.490 e. The summed E-state index contributed by atoms with van der Waals surface area (Å²) in [5.74, 6) is 2.56. The first-order chi connectivity index (χ1) is 9.78. The van der Waals surface area contributed by atoms with Crippen LogP contribution in [0.25, 0.3) is 11.3 Å². The van der Waals surface area contributed by atoms with Crippen LogP contribution in [0.4, 0.5) is 0 Å². The van der Waals surface area contributed by atoms with Crippen LogP contribution in [0.1, 0.15) is 37.4 Å². The van der Waals surface area contributed by atoms with Crippen molar-refractivity contribution in [1.82, 2.24) is 9.97 Å². The van der Waals surface area contributed by atoms with Crippen molar-refractivity contribution in [3.05, 3.63) is 40.8 Å². The minimum Gasteiger partial charge on any atom is -0.490 e. The number of aromatic amines is 1. The maximum atomic E-state index is 5.77. The summed E-state index contributed by atoms with van der Waals surface area (Å²) in [6, 6.07) is 10.1. The molecule has 1 heterocycles. The Kier molecular flexibility index (Phi) is 2.84. The van der Waals surface area contributed by atoms with Crippen molar-refractivity contribution >= 4 is 12.2 Å². The molecule has 2 fully saturated rings. The molecule has 3 nitrogen and oxygen atoms in total. The van der Waals surface area contributed by atoms with Gasteiger partial charge in [0.05, 0.1) is 6.10 Å². The summed E-state index contributed by atoms with van der Waals surface area (Å²) in [6.45, 7) is 0. The number of aromatic nitrogens is 2. The maximum Gasteiger partial charge on any atom is 0.130 e. The summed E-state index contributed by atoms with van der Waals surface area (Å²) in [4.78, 5) is 7.84. The van der Waals surface area contributed by atoms with Crippen molar-refractivity contribution in [2.75, 3.05) is 0 Å². The quantitative estimate of drug-likeness (QED) is 0.854. The highest BCUT2D eigenvalue weighted by atomic mass is 32.1. The van der Waals surface area contributed by atoms with E-state index in [-0.39, 0.29) is 0 Å². The van der Waals surface area contributed by atoms with E-state index in [1.165, 1.54) is 25.7 Å². The Bertz CT molecular complexity index is 684. The number of hydrogen-bond donors (Lipinski definition) is 1. The third-order valence-electron chi connectivity index (χ3n) is 3.72. The predicted molar refractivity (Wildman–Crippen MR) is 80.5 cm³/mol. The Hall–Kier alpha value is -1.68. The second-order valence-electron chi connectivity index (χ2n) is 5.63. The average Bonchev–Trinajstić information content (AvgIpc) is 3.33. The highest BCUT2D eigenvalue weighted by Crippen LogP contribution is 2.38. The molecule has 0 aliphatic heterocycles. The summed E-state index contributed by atoms with van der Waals surface area (Å²) >= 11 is 5.27. The Morgan fingerprint density at radius 2 is 1.85 bits per heavy atom. The molecule has 2 aromatic rings. The summed E-state index contributed by atoms with van der Waals surface area (Å²) in [6.07, 6.45) is 5.24. The molecule has 0 atom stereocenters. The first-order valence-electron chi connectivity index (χ1n) is 7.16. The van der Waals surface area contributed by atoms with Crippen LogP contribution in [0.3, 0.4) is 0 Å². The average molecular weight is 284 g/mol. The normalized spacial score (nSPS) is 18.0. The Balaban J connectivity index is 1.63. The summed E-state index contributed by atoms with van der Waals surface area (Å²) < 4.78 is 6.43. The standard InChI is InChI=1S/C16H16N2OS/c20-15-9-14(17-16(18-15)11-1-2-11)10-3-5-12(6-4-10)19-13-7-8-13/h3-6,9,11,13H,1-2,7-8H2,(H,17,18,20). The van der Waals surface area contributed by atoms with Gasteiger partial charge >= 0.3 is 0 Å². The molecule has 1 aromatic carbocycles. The third kappa shape index (κ3) is 2.61. The summed E-state index contributed by atoms with van der Waals surface area (Å²) in [7, 11) is 0. The van der Waals surface area contributed by atoms with Crippen LogP contribution in [0.2, 0.25) is 0 Å². The predicted octanol–water partition coefficient (Wildman–Crippen LogP) is 4.22. The van der Waals surface area contributed by atoms with Gasteiger partial charge in [-0.1, -0.05) is 12.2 Å². The van der Waals surface area contributed by atoms with E-state index in [1.54, 1.807) is 0 Å². The molecular weight excluding hydrogens is 268 g/mol. The van der Waals surface area contributed by atoms with Gasteiger partial charge in [0.1, 0.15) is 16.2 Å². The van der Waals surface area contributed by atoms with Crippen molar-refractivity contribution < 1.29 is 4.74 Å². The van der Waals surface area contributed by atoms with E-state index >= 15 is 0 Å². The van der Waals surface area contributed by atoms with Gasteiger partial charge in [0.2, 0.25) is 0 Å². The van der Waals surface area contributed by atoms with Gasteiger partial charge in [-0.15, -0.1) is 0 Å². The molecule has 102 valence electrons. The Morgan fingerprint density at radius 3 is 2.50 bits per heavy atom. The highest BCUT2D eigenvalue weighted by molar-refractivity contribution is 7.71. The Morgan fingerprint density at radius 1 is 1.10 bits per heavy atom. The zero-order valence-electron chi connectivity index (χ0n) is 11.1. The fourth-order valence-corrected chi connectivity index (χ4v) is 2.49. The van der Waals surface area contributed by atoms with E-state index in [4.69, 9.17) is 17.0 Å². The number of ether oxygens (including phenoxy) is 1. The van der Waals surface area contributed by atoms with Gasteiger partial charge in [-0.25, -0.2) is 4.98 Å². The van der Waals surface area contributed by atoms with Crippen molar-refractivity contribution in [1.29, 1.82) is 0 Å². The van der Waals surface area contributed by atoms with Crippen LogP contribution in [0, 0.1) is 4.64 Å². The molecule has 0 spiro atoms. The van der Waals surface area contributed by atoms with Gasteiger partial charge in [-0.2, -0.15) is 0 Å². The molecule has 0 radical (unpaired) electrons. The van der Waals surface area contributed by atoms with Crippen molar-refractivity contribution in [3.63, 3.8) is 0 Å². The van der Waals surface area contributed by atoms with Crippen LogP contribution >= 0.6 is 12.2 Å². The maximum absolute atomic E-state index is 5.77. The molecule has 2 aliphatic rings.